The molecule has 3 rings (SSSR count). The Morgan fingerprint density at radius 2 is 1.26 bits per heavy atom. The minimum atomic E-state index is -4.33. The van der Waals surface area contributed by atoms with Crippen LogP contribution in [0.25, 0.3) is 0 Å². The molecule has 3 aromatic rings. The van der Waals surface area contributed by atoms with E-state index in [4.69, 9.17) is 4.55 Å². The molecule has 4 nitrogen and oxygen atoms in total. The Morgan fingerprint density at radius 3 is 1.68 bits per heavy atom. The number of hydrogen-bond donors (Lipinski definition) is 2. The van der Waals surface area contributed by atoms with Gasteiger partial charge in [0.05, 0.1) is 4.90 Å². The molecule has 0 saturated carbocycles. The Morgan fingerprint density at radius 1 is 0.806 bits per heavy atom. The van der Waals surface area contributed by atoms with Crippen LogP contribution < -0.4 is 5.32 Å². The van der Waals surface area contributed by atoms with Gasteiger partial charge in [-0.05, 0) is 37.1 Å². The summed E-state index contributed by atoms with van der Waals surface area (Å²) in [5.41, 5.74) is 2.01. The number of benzene rings is 3. The summed E-state index contributed by atoms with van der Waals surface area (Å²) in [6, 6.07) is 21.0. The van der Waals surface area contributed by atoms with Crippen LogP contribution in [-0.2, 0) is 10.1 Å². The number of hydrogen-bond acceptors (Lipinski definition) is 3. The lowest BCUT2D eigenvalue weighted by Crippen LogP contribution is -2.35. The molecule has 3 aromatic carbocycles. The van der Waals surface area contributed by atoms with Crippen molar-refractivity contribution in [1.82, 2.24) is 5.32 Å². The van der Waals surface area contributed by atoms with Crippen molar-refractivity contribution >= 4 is 10.1 Å². The molecule has 0 fully saturated rings. The van der Waals surface area contributed by atoms with Gasteiger partial charge in [-0.3, -0.25) is 9.87 Å². The molecule has 0 spiro atoms. The minimum absolute atomic E-state index is 0.0666. The highest BCUT2D eigenvalue weighted by atomic mass is 32.2. The monoisotopic (exact) mass is 451 g/mol. The van der Waals surface area contributed by atoms with E-state index in [0.717, 1.165) is 11.1 Å². The van der Waals surface area contributed by atoms with E-state index in [-0.39, 0.29) is 16.5 Å². The average Bonchev–Trinajstić information content (AvgIpc) is 2.72. The number of alkyl halides is 3. The topological polar surface area (TPSA) is 66.4 Å². The Kier molecular flexibility index (Phi) is 8.38. The number of halogens is 3. The van der Waals surface area contributed by atoms with E-state index in [0.29, 0.717) is 0 Å². The number of aryl methyl sites for hydroxylation is 1. The van der Waals surface area contributed by atoms with Gasteiger partial charge in [0.2, 0.25) is 0 Å². The molecule has 0 saturated heterocycles. The SMILES string of the molecule is C[C@@H](N[C@H](c1ccccc1)C(F)(F)F)c1ccccc1.Cc1ccc(S(=O)(=O)O)cc1. The van der Waals surface area contributed by atoms with E-state index < -0.39 is 22.3 Å². The Hall–Kier alpha value is -2.68. The van der Waals surface area contributed by atoms with Crippen LogP contribution in [0.3, 0.4) is 0 Å². The second-order valence-electron chi connectivity index (χ2n) is 6.97. The number of rotatable bonds is 5. The van der Waals surface area contributed by atoms with Gasteiger partial charge < -0.3 is 0 Å². The predicted octanol–water partition coefficient (Wildman–Crippen LogP) is 5.88. The van der Waals surface area contributed by atoms with E-state index in [2.05, 4.69) is 5.32 Å². The van der Waals surface area contributed by atoms with Crippen molar-refractivity contribution < 1.29 is 26.1 Å². The summed E-state index contributed by atoms with van der Waals surface area (Å²) in [6.45, 7) is 3.57. The average molecular weight is 452 g/mol. The molecule has 0 aromatic heterocycles. The van der Waals surface area contributed by atoms with Crippen molar-refractivity contribution in [1.29, 1.82) is 0 Å². The maximum absolute atomic E-state index is 13.2. The fourth-order valence-electron chi connectivity index (χ4n) is 2.82. The van der Waals surface area contributed by atoms with Gasteiger partial charge in [-0.1, -0.05) is 78.4 Å². The molecule has 0 heterocycles. The maximum atomic E-state index is 13.2. The first-order chi connectivity index (χ1) is 14.5. The van der Waals surface area contributed by atoms with Gasteiger partial charge >= 0.3 is 6.18 Å². The van der Waals surface area contributed by atoms with Gasteiger partial charge in [0.1, 0.15) is 6.04 Å². The highest BCUT2D eigenvalue weighted by Gasteiger charge is 2.41. The van der Waals surface area contributed by atoms with Crippen molar-refractivity contribution in [2.45, 2.75) is 37.0 Å². The molecule has 0 aliphatic rings. The normalized spacial score (nSPS) is 13.6. The van der Waals surface area contributed by atoms with Crippen molar-refractivity contribution in [2.75, 3.05) is 0 Å². The van der Waals surface area contributed by atoms with Crippen LogP contribution in [0, 0.1) is 6.92 Å². The van der Waals surface area contributed by atoms with Crippen LogP contribution in [0.4, 0.5) is 13.2 Å². The molecule has 0 amide bonds. The van der Waals surface area contributed by atoms with Crippen LogP contribution in [0.15, 0.2) is 89.8 Å². The first kappa shape index (κ1) is 24.6. The largest absolute Gasteiger partial charge is 0.407 e. The molecule has 2 atom stereocenters. The Balaban J connectivity index is 0.000000262. The molecular formula is C23H24F3NO3S. The van der Waals surface area contributed by atoms with Gasteiger partial charge in [-0.15, -0.1) is 0 Å². The quantitative estimate of drug-likeness (QED) is 0.475. The van der Waals surface area contributed by atoms with Crippen LogP contribution in [0.2, 0.25) is 0 Å². The summed E-state index contributed by atoms with van der Waals surface area (Å²) in [6.07, 6.45) is -4.33. The molecule has 31 heavy (non-hydrogen) atoms. The van der Waals surface area contributed by atoms with Gasteiger partial charge in [-0.2, -0.15) is 21.6 Å². The zero-order chi connectivity index (χ0) is 23.1. The lowest BCUT2D eigenvalue weighted by molar-refractivity contribution is -0.159. The summed E-state index contributed by atoms with van der Waals surface area (Å²) < 4.78 is 69.2. The van der Waals surface area contributed by atoms with Crippen molar-refractivity contribution in [2.24, 2.45) is 0 Å². The van der Waals surface area contributed by atoms with Crippen molar-refractivity contribution in [3.63, 3.8) is 0 Å². The van der Waals surface area contributed by atoms with Gasteiger partial charge in [0, 0.05) is 6.04 Å². The van der Waals surface area contributed by atoms with E-state index in [1.54, 1.807) is 37.3 Å². The third-order valence-electron chi connectivity index (χ3n) is 4.50. The van der Waals surface area contributed by atoms with Gasteiger partial charge in [-0.25, -0.2) is 0 Å². The third-order valence-corrected chi connectivity index (χ3v) is 5.36. The van der Waals surface area contributed by atoms with Crippen LogP contribution >= 0.6 is 0 Å². The Labute approximate surface area is 180 Å². The van der Waals surface area contributed by atoms with Crippen LogP contribution in [-0.4, -0.2) is 19.1 Å². The van der Waals surface area contributed by atoms with E-state index in [9.17, 15) is 21.6 Å². The minimum Gasteiger partial charge on any atom is -0.296 e. The molecule has 0 unspecified atom stereocenters. The second-order valence-corrected chi connectivity index (χ2v) is 8.39. The fraction of sp³-hybridized carbons (Fsp3) is 0.217. The molecule has 2 N–H and O–H groups in total. The van der Waals surface area contributed by atoms with Gasteiger partial charge in [0.25, 0.3) is 10.1 Å². The highest BCUT2D eigenvalue weighted by molar-refractivity contribution is 7.85. The summed E-state index contributed by atoms with van der Waals surface area (Å²) in [5.74, 6) is 0. The lowest BCUT2D eigenvalue weighted by Gasteiger charge is -2.26. The maximum Gasteiger partial charge on any atom is 0.407 e. The zero-order valence-electron chi connectivity index (χ0n) is 17.0. The molecule has 166 valence electrons. The van der Waals surface area contributed by atoms with E-state index in [1.165, 1.54) is 24.3 Å². The summed E-state index contributed by atoms with van der Waals surface area (Å²) >= 11 is 0. The summed E-state index contributed by atoms with van der Waals surface area (Å²) in [5, 5.41) is 2.66. The lowest BCUT2D eigenvalue weighted by atomic mass is 10.0. The Bertz CT molecular complexity index is 1040. The van der Waals surface area contributed by atoms with Crippen LogP contribution in [0.5, 0.6) is 0 Å². The van der Waals surface area contributed by atoms with Crippen molar-refractivity contribution in [3.8, 4) is 0 Å². The predicted molar refractivity (Wildman–Crippen MR) is 114 cm³/mol. The first-order valence-electron chi connectivity index (χ1n) is 9.45. The molecule has 8 heteroatoms. The highest BCUT2D eigenvalue weighted by Crippen LogP contribution is 2.34. The first-order valence-corrected chi connectivity index (χ1v) is 10.9. The van der Waals surface area contributed by atoms with Crippen LogP contribution in [0.1, 0.15) is 35.7 Å². The fourth-order valence-corrected chi connectivity index (χ4v) is 3.30. The molecule has 0 bridgehead atoms. The zero-order valence-corrected chi connectivity index (χ0v) is 17.9. The van der Waals surface area contributed by atoms with E-state index in [1.807, 2.05) is 37.3 Å². The molecule has 0 radical (unpaired) electrons. The van der Waals surface area contributed by atoms with E-state index >= 15 is 0 Å². The third kappa shape index (κ3) is 7.82. The summed E-state index contributed by atoms with van der Waals surface area (Å²) in [4.78, 5) is -0.0666. The molecule has 0 aliphatic carbocycles. The summed E-state index contributed by atoms with van der Waals surface area (Å²) in [7, 11) is -4.02. The second kappa shape index (κ2) is 10.6. The van der Waals surface area contributed by atoms with Crippen molar-refractivity contribution in [3.05, 3.63) is 102 Å². The standard InChI is InChI=1S/C16H16F3N.C7H8O3S/c1-12(13-8-4-2-5-9-13)20-15(16(17,18)19)14-10-6-3-7-11-14;1-6-2-4-7(5-3-6)11(8,9)10/h2-12,15,20H,1H3;2-5H,1H3,(H,8,9,10)/t12-,15-;/m1./s1. The molecular weight excluding hydrogens is 427 g/mol. The van der Waals surface area contributed by atoms with Gasteiger partial charge in [0.15, 0.2) is 0 Å². The smallest absolute Gasteiger partial charge is 0.296 e. The molecule has 0 aliphatic heterocycles. The number of nitrogens with one attached hydrogen (secondary N) is 1.